The van der Waals surface area contributed by atoms with Crippen LogP contribution in [-0.4, -0.2) is 25.6 Å². The third-order valence-corrected chi connectivity index (χ3v) is 1.60. The van der Waals surface area contributed by atoms with Crippen LogP contribution in [0.3, 0.4) is 0 Å². The predicted octanol–water partition coefficient (Wildman–Crippen LogP) is -0.0712. The third-order valence-electron chi connectivity index (χ3n) is 0.814. The molecule has 0 bridgehead atoms. The van der Waals surface area contributed by atoms with E-state index in [1.807, 2.05) is 0 Å². The summed E-state index contributed by atoms with van der Waals surface area (Å²) in [6.45, 7) is 1.39. The third kappa shape index (κ3) is 4.11. The SMILES string of the molecule is CC(CS(=O)O)C(=O)O. The number of hydrogen-bond donors (Lipinski definition) is 2. The summed E-state index contributed by atoms with van der Waals surface area (Å²) in [5.41, 5.74) is 0. The van der Waals surface area contributed by atoms with E-state index in [1.165, 1.54) is 6.92 Å². The zero-order chi connectivity index (χ0) is 7.44. The van der Waals surface area contributed by atoms with Crippen molar-refractivity contribution in [3.8, 4) is 0 Å². The molecule has 0 saturated heterocycles. The van der Waals surface area contributed by atoms with E-state index in [0.717, 1.165) is 0 Å². The van der Waals surface area contributed by atoms with Crippen LogP contribution in [0.15, 0.2) is 0 Å². The summed E-state index contributed by atoms with van der Waals surface area (Å²) in [6, 6.07) is 0. The smallest absolute Gasteiger partial charge is 0.307 e. The molecule has 0 aromatic heterocycles. The van der Waals surface area contributed by atoms with Gasteiger partial charge in [0.15, 0.2) is 11.1 Å². The second-order valence-corrected chi connectivity index (χ2v) is 2.70. The Kier molecular flexibility index (Phi) is 3.41. The molecule has 0 fully saturated rings. The predicted molar refractivity (Wildman–Crippen MR) is 32.4 cm³/mol. The minimum atomic E-state index is -2.00. The molecule has 2 unspecified atom stereocenters. The van der Waals surface area contributed by atoms with E-state index >= 15 is 0 Å². The van der Waals surface area contributed by atoms with E-state index in [4.69, 9.17) is 9.66 Å². The summed E-state index contributed by atoms with van der Waals surface area (Å²) in [5.74, 6) is -1.98. The Bertz CT molecular complexity index is 133. The van der Waals surface area contributed by atoms with E-state index in [-0.39, 0.29) is 5.75 Å². The first-order valence-corrected chi connectivity index (χ1v) is 3.62. The highest BCUT2D eigenvalue weighted by atomic mass is 32.2. The number of hydrogen-bond acceptors (Lipinski definition) is 2. The number of rotatable bonds is 3. The second-order valence-electron chi connectivity index (χ2n) is 1.73. The van der Waals surface area contributed by atoms with E-state index in [1.54, 1.807) is 0 Å². The van der Waals surface area contributed by atoms with Crippen molar-refractivity contribution in [2.75, 3.05) is 5.75 Å². The van der Waals surface area contributed by atoms with Gasteiger partial charge in [0.05, 0.1) is 11.7 Å². The molecule has 0 spiro atoms. The fourth-order valence-corrected chi connectivity index (χ4v) is 0.855. The molecule has 0 saturated carbocycles. The normalized spacial score (nSPS) is 16.7. The quantitative estimate of drug-likeness (QED) is 0.555. The summed E-state index contributed by atoms with van der Waals surface area (Å²) in [5, 5.41) is 8.19. The van der Waals surface area contributed by atoms with Crippen molar-refractivity contribution in [2.24, 2.45) is 5.92 Å². The van der Waals surface area contributed by atoms with E-state index in [0.29, 0.717) is 0 Å². The lowest BCUT2D eigenvalue weighted by molar-refractivity contribution is -0.140. The molecule has 2 N–H and O–H groups in total. The first-order chi connectivity index (χ1) is 4.04. The van der Waals surface area contributed by atoms with Crippen molar-refractivity contribution in [3.63, 3.8) is 0 Å². The van der Waals surface area contributed by atoms with Crippen molar-refractivity contribution >= 4 is 17.0 Å². The Balaban J connectivity index is 3.63. The van der Waals surface area contributed by atoms with Crippen LogP contribution < -0.4 is 0 Å². The largest absolute Gasteiger partial charge is 0.481 e. The van der Waals surface area contributed by atoms with Gasteiger partial charge in [0, 0.05) is 0 Å². The van der Waals surface area contributed by atoms with Crippen LogP contribution in [-0.2, 0) is 15.9 Å². The first kappa shape index (κ1) is 8.58. The Labute approximate surface area is 55.2 Å². The number of carbonyl (C=O) groups is 1. The van der Waals surface area contributed by atoms with Crippen molar-refractivity contribution in [2.45, 2.75) is 6.92 Å². The zero-order valence-electron chi connectivity index (χ0n) is 4.90. The molecule has 5 heteroatoms. The molecule has 9 heavy (non-hydrogen) atoms. The minimum absolute atomic E-state index is 0.199. The van der Waals surface area contributed by atoms with Gasteiger partial charge in [-0.25, -0.2) is 4.21 Å². The highest BCUT2D eigenvalue weighted by Crippen LogP contribution is 1.95. The van der Waals surface area contributed by atoms with Gasteiger partial charge in [-0.3, -0.25) is 4.79 Å². The van der Waals surface area contributed by atoms with Crippen LogP contribution in [0.4, 0.5) is 0 Å². The summed E-state index contributed by atoms with van der Waals surface area (Å²) in [7, 11) is 0. The molecule has 0 aromatic rings. The summed E-state index contributed by atoms with van der Waals surface area (Å²) >= 11 is -2.00. The zero-order valence-corrected chi connectivity index (χ0v) is 5.72. The van der Waals surface area contributed by atoms with Crippen LogP contribution in [0.5, 0.6) is 0 Å². The molecule has 2 atom stereocenters. The van der Waals surface area contributed by atoms with Gasteiger partial charge in [0.2, 0.25) is 0 Å². The second kappa shape index (κ2) is 3.58. The molecule has 0 aliphatic heterocycles. The molecule has 0 rings (SSSR count). The van der Waals surface area contributed by atoms with Crippen LogP contribution in [0.2, 0.25) is 0 Å². The monoisotopic (exact) mass is 152 g/mol. The number of carboxylic acids is 1. The van der Waals surface area contributed by atoms with Gasteiger partial charge in [-0.2, -0.15) is 0 Å². The van der Waals surface area contributed by atoms with Crippen molar-refractivity contribution in [1.82, 2.24) is 0 Å². The Morgan fingerprint density at radius 1 is 1.78 bits per heavy atom. The highest BCUT2D eigenvalue weighted by molar-refractivity contribution is 7.79. The molecule has 0 amide bonds. The highest BCUT2D eigenvalue weighted by Gasteiger charge is 2.12. The lowest BCUT2D eigenvalue weighted by Gasteiger charge is -1.99. The molecule has 0 aliphatic rings. The molecule has 0 aliphatic carbocycles. The molecule has 54 valence electrons. The maximum Gasteiger partial charge on any atom is 0.307 e. The average molecular weight is 152 g/mol. The summed E-state index contributed by atoms with van der Waals surface area (Å²) in [4.78, 5) is 9.99. The van der Waals surface area contributed by atoms with Gasteiger partial charge in [0.25, 0.3) is 0 Å². The molecular formula is C4H8O4S. The van der Waals surface area contributed by atoms with Crippen molar-refractivity contribution in [1.29, 1.82) is 0 Å². The van der Waals surface area contributed by atoms with Crippen molar-refractivity contribution < 1.29 is 18.7 Å². The van der Waals surface area contributed by atoms with E-state index < -0.39 is 23.0 Å². The number of aliphatic carboxylic acids is 1. The average Bonchev–Trinajstić information content (AvgIpc) is 1.63. The molecule has 4 nitrogen and oxygen atoms in total. The fraction of sp³-hybridized carbons (Fsp3) is 0.750. The van der Waals surface area contributed by atoms with E-state index in [2.05, 4.69) is 0 Å². The van der Waals surface area contributed by atoms with Gasteiger partial charge >= 0.3 is 5.97 Å². The standard InChI is InChI=1S/C4H8O4S/c1-3(4(5)6)2-9(7)8/h3H,2H2,1H3,(H,5,6)(H,7,8). The fourth-order valence-electron chi connectivity index (χ4n) is 0.285. The van der Waals surface area contributed by atoms with Gasteiger partial charge in [-0.15, -0.1) is 0 Å². The summed E-state index contributed by atoms with van der Waals surface area (Å²) < 4.78 is 18.1. The van der Waals surface area contributed by atoms with Crippen molar-refractivity contribution in [3.05, 3.63) is 0 Å². The molecular weight excluding hydrogens is 144 g/mol. The van der Waals surface area contributed by atoms with Crippen LogP contribution >= 0.6 is 0 Å². The molecule has 0 aromatic carbocycles. The first-order valence-electron chi connectivity index (χ1n) is 2.34. The van der Waals surface area contributed by atoms with Crippen LogP contribution in [0.1, 0.15) is 6.92 Å². The van der Waals surface area contributed by atoms with Gasteiger partial charge in [-0.1, -0.05) is 6.92 Å². The Morgan fingerprint density at radius 2 is 2.22 bits per heavy atom. The van der Waals surface area contributed by atoms with Gasteiger partial charge in [-0.05, 0) is 0 Å². The number of carboxylic acid groups (broad SMARTS) is 1. The maximum absolute atomic E-state index is 9.99. The lowest BCUT2D eigenvalue weighted by Crippen LogP contribution is -2.16. The Hall–Kier alpha value is -0.420. The summed E-state index contributed by atoms with van der Waals surface area (Å²) in [6.07, 6.45) is 0. The maximum atomic E-state index is 9.99. The van der Waals surface area contributed by atoms with Crippen LogP contribution in [0.25, 0.3) is 0 Å². The van der Waals surface area contributed by atoms with Gasteiger partial charge in [0.1, 0.15) is 0 Å². The lowest BCUT2D eigenvalue weighted by atomic mass is 10.2. The molecule has 0 radical (unpaired) electrons. The topological polar surface area (TPSA) is 74.6 Å². The Morgan fingerprint density at radius 3 is 2.33 bits per heavy atom. The minimum Gasteiger partial charge on any atom is -0.481 e. The van der Waals surface area contributed by atoms with Crippen LogP contribution in [0, 0.1) is 5.92 Å². The molecule has 0 heterocycles. The van der Waals surface area contributed by atoms with Gasteiger partial charge < -0.3 is 9.66 Å². The van der Waals surface area contributed by atoms with E-state index in [9.17, 15) is 9.00 Å².